The second-order valence-corrected chi connectivity index (χ2v) is 5.69. The smallest absolute Gasteiger partial charge is 0.135 e. The van der Waals surface area contributed by atoms with Crippen LogP contribution in [-0.4, -0.2) is 11.6 Å². The molecule has 0 spiro atoms. The predicted octanol–water partition coefficient (Wildman–Crippen LogP) is 3.78. The molecule has 94 valence electrons. The first-order valence-electron chi connectivity index (χ1n) is 6.19. The summed E-state index contributed by atoms with van der Waals surface area (Å²) in [5, 5.41) is 0. The molecule has 0 aromatic rings. The first-order chi connectivity index (χ1) is 7.19. The number of carbonyl (C=O) groups excluding carboxylic acids is 2. The van der Waals surface area contributed by atoms with E-state index in [-0.39, 0.29) is 22.4 Å². The van der Waals surface area contributed by atoms with Crippen LogP contribution in [0.1, 0.15) is 67.2 Å². The van der Waals surface area contributed by atoms with E-state index >= 15 is 0 Å². The molecule has 2 unspecified atom stereocenters. The van der Waals surface area contributed by atoms with E-state index in [9.17, 15) is 9.59 Å². The lowest BCUT2D eigenvalue weighted by Gasteiger charge is -2.37. The van der Waals surface area contributed by atoms with Gasteiger partial charge in [0.2, 0.25) is 0 Å². The van der Waals surface area contributed by atoms with Gasteiger partial charge in [-0.15, -0.1) is 0 Å². The summed E-state index contributed by atoms with van der Waals surface area (Å²) in [6.07, 6.45) is 3.17. The lowest BCUT2D eigenvalue weighted by atomic mass is 9.67. The summed E-state index contributed by atoms with van der Waals surface area (Å²) in [6, 6.07) is 0. The third-order valence-electron chi connectivity index (χ3n) is 3.98. The summed E-state index contributed by atoms with van der Waals surface area (Å²) in [6.45, 7) is 11.6. The highest BCUT2D eigenvalue weighted by Gasteiger charge is 2.36. The minimum atomic E-state index is -0.278. The highest BCUT2D eigenvalue weighted by atomic mass is 16.1. The molecule has 0 aliphatic carbocycles. The summed E-state index contributed by atoms with van der Waals surface area (Å²) < 4.78 is 0. The Morgan fingerprint density at radius 2 is 1.50 bits per heavy atom. The van der Waals surface area contributed by atoms with Gasteiger partial charge in [-0.1, -0.05) is 34.1 Å². The van der Waals surface area contributed by atoms with Crippen LogP contribution in [0, 0.1) is 10.8 Å². The maximum Gasteiger partial charge on any atom is 0.135 e. The molecule has 2 heteroatoms. The molecule has 0 aromatic heterocycles. The molecule has 0 N–H and O–H groups in total. The van der Waals surface area contributed by atoms with Gasteiger partial charge in [-0.05, 0) is 32.1 Å². The first kappa shape index (κ1) is 15.3. The average molecular weight is 226 g/mol. The van der Waals surface area contributed by atoms with E-state index in [0.29, 0.717) is 6.42 Å². The van der Waals surface area contributed by atoms with E-state index in [2.05, 4.69) is 13.8 Å². The molecule has 0 aliphatic heterocycles. The Morgan fingerprint density at radius 1 is 1.00 bits per heavy atom. The van der Waals surface area contributed by atoms with Crippen LogP contribution in [0.5, 0.6) is 0 Å². The van der Waals surface area contributed by atoms with Crippen LogP contribution in [-0.2, 0) is 9.59 Å². The van der Waals surface area contributed by atoms with Crippen LogP contribution in [0.3, 0.4) is 0 Å². The Balaban J connectivity index is 4.87. The van der Waals surface area contributed by atoms with Crippen molar-refractivity contribution < 1.29 is 9.59 Å². The zero-order chi connectivity index (χ0) is 13.0. The van der Waals surface area contributed by atoms with E-state index < -0.39 is 0 Å². The van der Waals surface area contributed by atoms with Crippen molar-refractivity contribution in [2.75, 3.05) is 0 Å². The highest BCUT2D eigenvalue weighted by Crippen LogP contribution is 2.41. The van der Waals surface area contributed by atoms with Crippen molar-refractivity contribution >= 4 is 11.6 Å². The second-order valence-electron chi connectivity index (χ2n) is 5.69. The molecule has 0 saturated carbocycles. The van der Waals surface area contributed by atoms with Crippen LogP contribution in [0.15, 0.2) is 0 Å². The maximum atomic E-state index is 11.7. The summed E-state index contributed by atoms with van der Waals surface area (Å²) in [4.78, 5) is 23.0. The molecule has 0 aromatic carbocycles. The van der Waals surface area contributed by atoms with Gasteiger partial charge in [-0.25, -0.2) is 0 Å². The molecule has 2 nitrogen and oxygen atoms in total. The molecule has 0 bridgehead atoms. The molecule has 16 heavy (non-hydrogen) atoms. The van der Waals surface area contributed by atoms with Gasteiger partial charge in [0.25, 0.3) is 0 Å². The number of hydrogen-bond acceptors (Lipinski definition) is 2. The van der Waals surface area contributed by atoms with Crippen molar-refractivity contribution in [3.63, 3.8) is 0 Å². The SMILES string of the molecule is CCC(C)(CC(C)=O)CC(C)(CC)C(C)=O. The number of Topliss-reactive ketones (excluding diaryl/α,β-unsaturated/α-hetero) is 2. The Hall–Kier alpha value is -0.660. The average Bonchev–Trinajstić information content (AvgIpc) is 2.16. The fourth-order valence-corrected chi connectivity index (χ4v) is 2.35. The monoisotopic (exact) mass is 226 g/mol. The van der Waals surface area contributed by atoms with Gasteiger partial charge in [-0.2, -0.15) is 0 Å². The Kier molecular flexibility index (Phi) is 5.37. The summed E-state index contributed by atoms with van der Waals surface area (Å²) in [5.41, 5.74) is -0.317. The van der Waals surface area contributed by atoms with E-state index in [1.807, 2.05) is 13.8 Å². The molecular weight excluding hydrogens is 200 g/mol. The van der Waals surface area contributed by atoms with Gasteiger partial charge >= 0.3 is 0 Å². The quantitative estimate of drug-likeness (QED) is 0.662. The zero-order valence-electron chi connectivity index (χ0n) is 11.6. The fourth-order valence-electron chi connectivity index (χ4n) is 2.35. The largest absolute Gasteiger partial charge is 0.300 e. The van der Waals surface area contributed by atoms with Gasteiger partial charge in [0.1, 0.15) is 11.6 Å². The van der Waals surface area contributed by atoms with E-state index in [1.54, 1.807) is 13.8 Å². The third kappa shape index (κ3) is 4.07. The number of rotatable bonds is 7. The topological polar surface area (TPSA) is 34.1 Å². The van der Waals surface area contributed by atoms with E-state index in [4.69, 9.17) is 0 Å². The van der Waals surface area contributed by atoms with Gasteiger partial charge < -0.3 is 4.79 Å². The molecule has 0 fully saturated rings. The van der Waals surface area contributed by atoms with Crippen LogP contribution < -0.4 is 0 Å². The summed E-state index contributed by atoms with van der Waals surface area (Å²) in [5.74, 6) is 0.449. The van der Waals surface area contributed by atoms with Crippen LogP contribution >= 0.6 is 0 Å². The summed E-state index contributed by atoms with van der Waals surface area (Å²) >= 11 is 0. The third-order valence-corrected chi connectivity index (χ3v) is 3.98. The Morgan fingerprint density at radius 3 is 1.75 bits per heavy atom. The zero-order valence-corrected chi connectivity index (χ0v) is 11.6. The van der Waals surface area contributed by atoms with Crippen molar-refractivity contribution in [2.45, 2.75) is 67.2 Å². The fraction of sp³-hybridized carbons (Fsp3) is 0.857. The number of hydrogen-bond donors (Lipinski definition) is 0. The van der Waals surface area contributed by atoms with Crippen molar-refractivity contribution in [1.29, 1.82) is 0 Å². The first-order valence-corrected chi connectivity index (χ1v) is 6.19. The molecular formula is C14H26O2. The molecule has 2 atom stereocenters. The predicted molar refractivity (Wildman–Crippen MR) is 67.4 cm³/mol. The summed E-state index contributed by atoms with van der Waals surface area (Å²) in [7, 11) is 0. The molecule has 0 saturated heterocycles. The standard InChI is InChI=1S/C14H26O2/c1-7-13(5,9-11(3)15)10-14(6,8-2)12(4)16/h7-10H2,1-6H3. The molecule has 0 radical (unpaired) electrons. The van der Waals surface area contributed by atoms with Crippen LogP contribution in [0.2, 0.25) is 0 Å². The maximum absolute atomic E-state index is 11.7. The van der Waals surface area contributed by atoms with Crippen molar-refractivity contribution in [1.82, 2.24) is 0 Å². The lowest BCUT2D eigenvalue weighted by Crippen LogP contribution is -2.33. The van der Waals surface area contributed by atoms with E-state index in [1.165, 1.54) is 0 Å². The Labute approximate surface area is 99.8 Å². The van der Waals surface area contributed by atoms with Gasteiger partial charge in [0, 0.05) is 11.8 Å². The molecule has 0 amide bonds. The van der Waals surface area contributed by atoms with Gasteiger partial charge in [-0.3, -0.25) is 4.79 Å². The van der Waals surface area contributed by atoms with Crippen molar-refractivity contribution in [2.24, 2.45) is 10.8 Å². The van der Waals surface area contributed by atoms with Gasteiger partial charge in [0.15, 0.2) is 0 Å². The molecule has 0 aliphatic rings. The number of ketones is 2. The minimum absolute atomic E-state index is 0.0394. The van der Waals surface area contributed by atoms with Crippen molar-refractivity contribution in [3.05, 3.63) is 0 Å². The minimum Gasteiger partial charge on any atom is -0.300 e. The molecule has 0 rings (SSSR count). The normalized spacial score (nSPS) is 18.6. The number of carbonyl (C=O) groups is 2. The van der Waals surface area contributed by atoms with Crippen LogP contribution in [0.4, 0.5) is 0 Å². The van der Waals surface area contributed by atoms with Crippen LogP contribution in [0.25, 0.3) is 0 Å². The van der Waals surface area contributed by atoms with Gasteiger partial charge in [0.05, 0.1) is 0 Å². The second kappa shape index (κ2) is 5.60. The Bertz CT molecular complexity index is 270. The highest BCUT2D eigenvalue weighted by molar-refractivity contribution is 5.82. The molecule has 0 heterocycles. The lowest BCUT2D eigenvalue weighted by molar-refractivity contribution is -0.129. The van der Waals surface area contributed by atoms with Crippen molar-refractivity contribution in [3.8, 4) is 0 Å². The van der Waals surface area contributed by atoms with E-state index in [0.717, 1.165) is 19.3 Å².